The second-order valence-electron chi connectivity index (χ2n) is 8.16. The summed E-state index contributed by atoms with van der Waals surface area (Å²) < 4.78 is 5.86. The van der Waals surface area contributed by atoms with Crippen LogP contribution in [-0.4, -0.2) is 28.5 Å². The van der Waals surface area contributed by atoms with Crippen molar-refractivity contribution < 1.29 is 9.53 Å². The monoisotopic (exact) mass is 419 g/mol. The van der Waals surface area contributed by atoms with Crippen LogP contribution in [0, 0.1) is 6.92 Å². The summed E-state index contributed by atoms with van der Waals surface area (Å²) in [7, 11) is 0. The maximum atomic E-state index is 12.8. The molecule has 0 unspecified atom stereocenters. The summed E-state index contributed by atoms with van der Waals surface area (Å²) in [4.78, 5) is 22.0. The molecule has 1 aliphatic heterocycles. The Morgan fingerprint density at radius 1 is 1.20 bits per heavy atom. The van der Waals surface area contributed by atoms with Gasteiger partial charge in [0.25, 0.3) is 5.91 Å². The van der Waals surface area contributed by atoms with Crippen LogP contribution >= 0.6 is 11.3 Å². The van der Waals surface area contributed by atoms with Crippen LogP contribution in [0.25, 0.3) is 10.6 Å². The molecule has 5 rings (SSSR count). The summed E-state index contributed by atoms with van der Waals surface area (Å²) in [5, 5.41) is 6.27. The van der Waals surface area contributed by atoms with Gasteiger partial charge in [0.2, 0.25) is 0 Å². The van der Waals surface area contributed by atoms with E-state index in [-0.39, 0.29) is 11.9 Å². The fourth-order valence-electron chi connectivity index (χ4n) is 4.29. The van der Waals surface area contributed by atoms with Crippen molar-refractivity contribution in [1.29, 1.82) is 0 Å². The molecular weight excluding hydrogens is 394 g/mol. The summed E-state index contributed by atoms with van der Waals surface area (Å²) in [5.41, 5.74) is 5.80. The Balaban J connectivity index is 1.38. The highest BCUT2D eigenvalue weighted by Gasteiger charge is 2.24. The Morgan fingerprint density at radius 3 is 2.73 bits per heavy atom. The maximum absolute atomic E-state index is 12.8. The second kappa shape index (κ2) is 8.19. The van der Waals surface area contributed by atoms with Crippen molar-refractivity contribution in [3.63, 3.8) is 0 Å². The van der Waals surface area contributed by atoms with E-state index >= 15 is 0 Å². The molecule has 0 atom stereocenters. The summed E-state index contributed by atoms with van der Waals surface area (Å²) in [5.74, 6) is 0.791. The van der Waals surface area contributed by atoms with Crippen molar-refractivity contribution in [3.8, 4) is 16.3 Å². The summed E-state index contributed by atoms with van der Waals surface area (Å²) >= 11 is 1.66. The molecule has 0 bridgehead atoms. The number of ether oxygens (including phenoxy) is 1. The van der Waals surface area contributed by atoms with Crippen LogP contribution in [-0.2, 0) is 12.8 Å². The number of carbonyl (C=O) groups excluding carboxylic acids is 1. The number of aromatic nitrogens is 2. The van der Waals surface area contributed by atoms with Gasteiger partial charge in [0.1, 0.15) is 16.5 Å². The van der Waals surface area contributed by atoms with E-state index in [9.17, 15) is 4.79 Å². The molecule has 1 saturated carbocycles. The Kier molecular flexibility index (Phi) is 5.25. The molecule has 2 aliphatic rings. The molecule has 3 aromatic rings. The van der Waals surface area contributed by atoms with E-state index < -0.39 is 0 Å². The van der Waals surface area contributed by atoms with Crippen molar-refractivity contribution in [3.05, 3.63) is 63.9 Å². The van der Waals surface area contributed by atoms with Gasteiger partial charge in [-0.2, -0.15) is 0 Å². The second-order valence-corrected chi connectivity index (χ2v) is 9.02. The molecule has 0 saturated heterocycles. The van der Waals surface area contributed by atoms with Gasteiger partial charge in [0, 0.05) is 41.1 Å². The zero-order valence-electron chi connectivity index (χ0n) is 17.1. The van der Waals surface area contributed by atoms with E-state index in [0.717, 1.165) is 52.5 Å². The number of carbonyl (C=O) groups is 1. The Labute approximate surface area is 180 Å². The lowest BCUT2D eigenvalue weighted by Gasteiger charge is -2.14. The molecule has 1 aliphatic carbocycles. The third kappa shape index (κ3) is 3.97. The first-order valence-corrected chi connectivity index (χ1v) is 11.5. The maximum Gasteiger partial charge on any atom is 0.270 e. The van der Waals surface area contributed by atoms with Crippen molar-refractivity contribution in [2.45, 2.75) is 51.5 Å². The molecule has 6 heteroatoms. The minimum atomic E-state index is -0.0627. The van der Waals surface area contributed by atoms with E-state index in [0.29, 0.717) is 18.7 Å². The Bertz CT molecular complexity index is 1070. The van der Waals surface area contributed by atoms with Crippen molar-refractivity contribution in [1.82, 2.24) is 15.3 Å². The molecule has 1 amide bonds. The van der Waals surface area contributed by atoms with Crippen LogP contribution in [0.4, 0.5) is 0 Å². The lowest BCUT2D eigenvalue weighted by molar-refractivity contribution is 0.0932. The largest absolute Gasteiger partial charge is 0.491 e. The van der Waals surface area contributed by atoms with Gasteiger partial charge in [-0.05, 0) is 31.4 Å². The number of benzene rings is 1. The predicted octanol–water partition coefficient (Wildman–Crippen LogP) is 4.71. The van der Waals surface area contributed by atoms with Gasteiger partial charge in [-0.15, -0.1) is 11.3 Å². The van der Waals surface area contributed by atoms with Gasteiger partial charge in [0.15, 0.2) is 0 Å². The highest BCUT2D eigenvalue weighted by molar-refractivity contribution is 7.13. The number of nitrogens with one attached hydrogen (secondary N) is 1. The number of pyridine rings is 1. The number of fused-ring (bicyclic) bond motifs is 1. The van der Waals surface area contributed by atoms with Gasteiger partial charge >= 0.3 is 0 Å². The van der Waals surface area contributed by atoms with Crippen molar-refractivity contribution >= 4 is 17.2 Å². The molecule has 1 fully saturated rings. The Morgan fingerprint density at radius 2 is 2.00 bits per heavy atom. The molecule has 5 nitrogen and oxygen atoms in total. The fourth-order valence-corrected chi connectivity index (χ4v) is 5.09. The van der Waals surface area contributed by atoms with Crippen LogP contribution in [0.2, 0.25) is 0 Å². The lowest BCUT2D eigenvalue weighted by atomic mass is 10.0. The number of amides is 1. The number of aryl methyl sites for hydroxylation is 1. The molecular formula is C24H25N3O2S. The van der Waals surface area contributed by atoms with E-state index in [1.54, 1.807) is 11.3 Å². The average Bonchev–Trinajstić information content (AvgIpc) is 3.50. The van der Waals surface area contributed by atoms with Gasteiger partial charge < -0.3 is 10.1 Å². The smallest absolute Gasteiger partial charge is 0.270 e. The normalized spacial score (nSPS) is 15.8. The number of rotatable bonds is 5. The zero-order chi connectivity index (χ0) is 20.5. The zero-order valence-corrected chi connectivity index (χ0v) is 17.9. The van der Waals surface area contributed by atoms with Crippen molar-refractivity contribution in [2.24, 2.45) is 0 Å². The van der Waals surface area contributed by atoms with E-state index in [4.69, 9.17) is 4.74 Å². The summed E-state index contributed by atoms with van der Waals surface area (Å²) in [6, 6.07) is 10.7. The first-order chi connectivity index (χ1) is 14.7. The topological polar surface area (TPSA) is 64.1 Å². The van der Waals surface area contributed by atoms with Crippen LogP contribution in [0.1, 0.15) is 58.7 Å². The number of hydrogen-bond acceptors (Lipinski definition) is 5. The summed E-state index contributed by atoms with van der Waals surface area (Å²) in [6.45, 7) is 2.64. The standard InChI is InChI=1S/C24H25N3O2S/c1-15-14-30-24(25-15)17-8-6-16(7-9-17)12-18-13-21(27-20-10-11-29-22(18)20)23(28)26-19-4-2-3-5-19/h6-9,13-14,19H,2-5,10-12H2,1H3,(H,26,28). The summed E-state index contributed by atoms with van der Waals surface area (Å²) in [6.07, 6.45) is 5.99. The number of hydrogen-bond donors (Lipinski definition) is 1. The van der Waals surface area contributed by atoms with Gasteiger partial charge in [0.05, 0.1) is 12.3 Å². The van der Waals surface area contributed by atoms with E-state index in [2.05, 4.69) is 44.9 Å². The molecule has 3 heterocycles. The first-order valence-electron chi connectivity index (χ1n) is 10.6. The molecule has 2 aromatic heterocycles. The third-order valence-electron chi connectivity index (χ3n) is 5.84. The predicted molar refractivity (Wildman–Crippen MR) is 118 cm³/mol. The quantitative estimate of drug-likeness (QED) is 0.650. The van der Waals surface area contributed by atoms with Gasteiger partial charge in [-0.25, -0.2) is 9.97 Å². The first kappa shape index (κ1) is 19.2. The highest BCUT2D eigenvalue weighted by atomic mass is 32.1. The van der Waals surface area contributed by atoms with E-state index in [1.165, 1.54) is 18.4 Å². The fraction of sp³-hybridized carbons (Fsp3) is 0.375. The van der Waals surface area contributed by atoms with Crippen LogP contribution in [0.3, 0.4) is 0 Å². The number of nitrogens with zero attached hydrogens (tertiary/aromatic N) is 2. The van der Waals surface area contributed by atoms with Gasteiger partial charge in [-0.1, -0.05) is 37.1 Å². The van der Waals surface area contributed by atoms with Gasteiger partial charge in [-0.3, -0.25) is 4.79 Å². The molecule has 30 heavy (non-hydrogen) atoms. The molecule has 0 radical (unpaired) electrons. The molecule has 1 N–H and O–H groups in total. The molecule has 1 aromatic carbocycles. The minimum Gasteiger partial charge on any atom is -0.491 e. The Hall–Kier alpha value is -2.73. The van der Waals surface area contributed by atoms with Crippen LogP contribution in [0.15, 0.2) is 35.7 Å². The molecule has 154 valence electrons. The van der Waals surface area contributed by atoms with Crippen LogP contribution < -0.4 is 10.1 Å². The van der Waals surface area contributed by atoms with Crippen molar-refractivity contribution in [2.75, 3.05) is 6.61 Å². The number of thiazole rings is 1. The third-order valence-corrected chi connectivity index (χ3v) is 6.85. The van der Waals surface area contributed by atoms with Crippen LogP contribution in [0.5, 0.6) is 5.75 Å². The SMILES string of the molecule is Cc1csc(-c2ccc(Cc3cc(C(=O)NC4CCCC4)nc4c3OCC4)cc2)n1. The highest BCUT2D eigenvalue weighted by Crippen LogP contribution is 2.32. The average molecular weight is 420 g/mol. The minimum absolute atomic E-state index is 0.0627. The van der Waals surface area contributed by atoms with E-state index in [1.807, 2.05) is 13.0 Å². The lowest BCUT2D eigenvalue weighted by Crippen LogP contribution is -2.33. The molecule has 0 spiro atoms.